The highest BCUT2D eigenvalue weighted by atomic mass is 19.4. The van der Waals surface area contributed by atoms with Crippen LogP contribution in [0.25, 0.3) is 0 Å². The number of fused-ring (bicyclic) bond motifs is 3. The van der Waals surface area contributed by atoms with E-state index in [4.69, 9.17) is 10.00 Å². The summed E-state index contributed by atoms with van der Waals surface area (Å²) in [6.07, 6.45) is -3.60. The third-order valence-corrected chi connectivity index (χ3v) is 14.3. The number of Topliss-reactive ketones (excluding diaryl/α,β-unsaturated/α-hetero) is 2. The van der Waals surface area contributed by atoms with E-state index in [1.165, 1.54) is 6.07 Å². The van der Waals surface area contributed by atoms with Gasteiger partial charge in [-0.15, -0.1) is 0 Å². The lowest BCUT2D eigenvalue weighted by atomic mass is 9.49. The molecule has 10 rings (SSSR count). The first-order chi connectivity index (χ1) is 29.8. The number of carbonyl (C=O) groups excluding carboxylic acids is 5. The molecule has 5 fully saturated rings. The average molecular weight is 860 g/mol. The zero-order valence-electron chi connectivity index (χ0n) is 35.1. The quantitative estimate of drug-likeness (QED) is 0.209. The number of likely N-dealkylation sites (tertiary alicyclic amines) is 1. The number of benzene rings is 2. The molecule has 3 amide bonds. The van der Waals surface area contributed by atoms with Crippen molar-refractivity contribution in [2.45, 2.75) is 96.0 Å². The molecule has 3 atom stereocenters. The van der Waals surface area contributed by atoms with Crippen LogP contribution in [0.3, 0.4) is 0 Å². The molecule has 3 unspecified atom stereocenters. The number of hydrogen-bond acceptors (Lipinski definition) is 11. The molecular weight excluding hydrogens is 816 g/mol. The van der Waals surface area contributed by atoms with Gasteiger partial charge in [0.05, 0.1) is 28.9 Å². The summed E-state index contributed by atoms with van der Waals surface area (Å²) in [6, 6.07) is 11.5. The number of amides is 3. The number of anilines is 1. The van der Waals surface area contributed by atoms with Crippen LogP contribution in [-0.4, -0.2) is 111 Å². The van der Waals surface area contributed by atoms with Crippen molar-refractivity contribution >= 4 is 35.0 Å². The van der Waals surface area contributed by atoms with Crippen molar-refractivity contribution in [3.63, 3.8) is 0 Å². The van der Waals surface area contributed by atoms with E-state index in [2.05, 4.69) is 31.9 Å². The van der Waals surface area contributed by atoms with Gasteiger partial charge in [0.1, 0.15) is 29.7 Å². The normalized spacial score (nSPS) is 27.5. The average Bonchev–Trinajstić information content (AvgIpc) is 3.83. The molecule has 0 radical (unpaired) electrons. The molecular formula is C47H44F3N7O6. The maximum absolute atomic E-state index is 13.8. The second-order valence-electron chi connectivity index (χ2n) is 19.2. The van der Waals surface area contributed by atoms with Crippen molar-refractivity contribution in [3.05, 3.63) is 87.7 Å². The minimum atomic E-state index is -4.77. The van der Waals surface area contributed by atoms with Crippen LogP contribution in [0.15, 0.2) is 48.7 Å². The van der Waals surface area contributed by atoms with E-state index >= 15 is 0 Å². The van der Waals surface area contributed by atoms with Gasteiger partial charge in [-0.05, 0) is 54.4 Å². The first-order valence-corrected chi connectivity index (χ1v) is 21.3. The second-order valence-corrected chi connectivity index (χ2v) is 19.2. The topological polar surface area (TPSA) is 166 Å². The van der Waals surface area contributed by atoms with Gasteiger partial charge in [0.2, 0.25) is 0 Å². The summed E-state index contributed by atoms with van der Waals surface area (Å²) in [7, 11) is 0. The molecule has 1 N–H and O–H groups in total. The highest BCUT2D eigenvalue weighted by Crippen LogP contribution is 2.59. The fourth-order valence-corrected chi connectivity index (χ4v) is 11.4. The Morgan fingerprint density at radius 2 is 1.60 bits per heavy atom. The smallest absolute Gasteiger partial charge is 0.419 e. The molecule has 2 aromatic carbocycles. The second kappa shape index (κ2) is 14.2. The molecule has 324 valence electrons. The Kier molecular flexibility index (Phi) is 9.23. The molecule has 6 heterocycles. The minimum absolute atomic E-state index is 0.0228. The van der Waals surface area contributed by atoms with E-state index in [1.54, 1.807) is 12.1 Å². The number of rotatable bonds is 6. The Balaban J connectivity index is 0.732. The molecule has 2 saturated carbocycles. The zero-order valence-corrected chi connectivity index (χ0v) is 35.1. The van der Waals surface area contributed by atoms with Crippen molar-refractivity contribution in [2.24, 2.45) is 16.7 Å². The third-order valence-electron chi connectivity index (χ3n) is 14.3. The number of imide groups is 1. The number of halogens is 3. The van der Waals surface area contributed by atoms with Crippen molar-refractivity contribution in [1.82, 2.24) is 25.0 Å². The lowest BCUT2D eigenvalue weighted by Crippen LogP contribution is -2.74. The van der Waals surface area contributed by atoms with Gasteiger partial charge in [0, 0.05) is 97.3 Å². The highest BCUT2D eigenvalue weighted by molar-refractivity contribution is 6.23. The SMILES string of the molecule is CC1(C)C(Oc2cnc(C#N)c(C(F)(F)F)c2)C(C)(C)C1N1Cc2cc(C#CC3CN(C4CN(c5ccc6c(c5)C(=O)N(C5CCC(=O)CC7NC7C5=O)C6=O)C4)C3)ccc2C1=O. The lowest BCUT2D eigenvalue weighted by Gasteiger charge is -2.65. The van der Waals surface area contributed by atoms with Crippen molar-refractivity contribution in [1.29, 1.82) is 5.26 Å². The Labute approximate surface area is 361 Å². The van der Waals surface area contributed by atoms with Gasteiger partial charge in [-0.3, -0.25) is 33.8 Å². The predicted molar refractivity (Wildman–Crippen MR) is 219 cm³/mol. The summed E-state index contributed by atoms with van der Waals surface area (Å²) >= 11 is 0. The number of carbonyl (C=O) groups is 5. The summed E-state index contributed by atoms with van der Waals surface area (Å²) in [5, 5.41) is 12.2. The fraction of sp³-hybridized carbons (Fsp3) is 0.468. The van der Waals surface area contributed by atoms with Crippen molar-refractivity contribution in [2.75, 3.05) is 31.1 Å². The molecule has 5 aliphatic heterocycles. The molecule has 0 bridgehead atoms. The third kappa shape index (κ3) is 6.60. The standard InChI is InChI=1S/C47H44F3N7O6/c1-45(2)43(46(3,4)44(45)63-30-16-34(47(48,49)50)36(17-51)52-18-30)56-21-26-13-24(7-10-31(26)40(56)60)5-6-25-19-54(20-25)28-22-55(23-28)27-8-11-32-33(14-27)42(62)57(41(32)61)37-12-9-29(58)15-35-38(53-35)39(37)59/h7-8,10-11,13-14,16,18,25,28,35,37-38,43-44,53H,9,12,15,19-23H2,1-4H3. The van der Waals surface area contributed by atoms with Crippen LogP contribution in [0.2, 0.25) is 0 Å². The molecule has 7 aliphatic rings. The lowest BCUT2D eigenvalue weighted by molar-refractivity contribution is -0.199. The van der Waals surface area contributed by atoms with Crippen LogP contribution < -0.4 is 15.0 Å². The Hall–Kier alpha value is -6.10. The van der Waals surface area contributed by atoms with Crippen molar-refractivity contribution in [3.8, 4) is 23.7 Å². The van der Waals surface area contributed by atoms with E-state index < -0.39 is 58.3 Å². The summed E-state index contributed by atoms with van der Waals surface area (Å²) in [5.74, 6) is 5.52. The van der Waals surface area contributed by atoms with Crippen LogP contribution in [0, 0.1) is 39.9 Å². The maximum atomic E-state index is 13.8. The summed E-state index contributed by atoms with van der Waals surface area (Å²) in [5.41, 5.74) is 0.522. The van der Waals surface area contributed by atoms with Crippen molar-refractivity contribution < 1.29 is 41.9 Å². The summed E-state index contributed by atoms with van der Waals surface area (Å²) in [4.78, 5) is 77.4. The molecule has 3 saturated heterocycles. The summed E-state index contributed by atoms with van der Waals surface area (Å²) < 4.78 is 47.1. The maximum Gasteiger partial charge on any atom is 0.419 e. The number of ether oxygens (including phenoxy) is 1. The van der Waals surface area contributed by atoms with E-state index in [0.29, 0.717) is 24.6 Å². The molecule has 63 heavy (non-hydrogen) atoms. The number of pyridine rings is 1. The minimum Gasteiger partial charge on any atom is -0.488 e. The predicted octanol–water partition coefficient (Wildman–Crippen LogP) is 4.61. The number of hydrogen-bond donors (Lipinski definition) is 1. The molecule has 3 aromatic rings. The Morgan fingerprint density at radius 3 is 2.32 bits per heavy atom. The monoisotopic (exact) mass is 859 g/mol. The van der Waals surface area contributed by atoms with Crippen LogP contribution in [0.1, 0.15) is 100 Å². The Morgan fingerprint density at radius 1 is 0.889 bits per heavy atom. The van der Waals surface area contributed by atoms with E-state index in [1.807, 2.05) is 56.9 Å². The van der Waals surface area contributed by atoms with Crippen LogP contribution in [-0.2, 0) is 22.3 Å². The van der Waals surface area contributed by atoms with E-state index in [9.17, 15) is 37.1 Å². The number of nitrogens with one attached hydrogen (secondary N) is 1. The molecule has 2 aliphatic carbocycles. The summed E-state index contributed by atoms with van der Waals surface area (Å²) in [6.45, 7) is 11.3. The number of ketones is 2. The van der Waals surface area contributed by atoms with Gasteiger partial charge in [0.25, 0.3) is 17.7 Å². The first-order valence-electron chi connectivity index (χ1n) is 21.3. The van der Waals surface area contributed by atoms with Gasteiger partial charge < -0.3 is 19.9 Å². The number of aromatic nitrogens is 1. The van der Waals surface area contributed by atoms with Crippen LogP contribution >= 0.6 is 0 Å². The largest absolute Gasteiger partial charge is 0.488 e. The molecule has 16 heteroatoms. The van der Waals surface area contributed by atoms with Gasteiger partial charge in [-0.1, -0.05) is 39.5 Å². The molecule has 1 aromatic heterocycles. The fourth-order valence-electron chi connectivity index (χ4n) is 11.4. The van der Waals surface area contributed by atoms with Crippen LogP contribution in [0.5, 0.6) is 5.75 Å². The first kappa shape index (κ1) is 40.9. The Bertz CT molecular complexity index is 2630. The highest BCUT2D eigenvalue weighted by Gasteiger charge is 2.67. The number of nitrogens with zero attached hydrogens (tertiary/aromatic N) is 6. The van der Waals surface area contributed by atoms with E-state index in [-0.39, 0.29) is 65.2 Å². The van der Waals surface area contributed by atoms with Gasteiger partial charge in [-0.2, -0.15) is 18.4 Å². The van der Waals surface area contributed by atoms with Gasteiger partial charge >= 0.3 is 6.18 Å². The molecule has 0 spiro atoms. The van der Waals surface area contributed by atoms with Crippen LogP contribution in [0.4, 0.5) is 18.9 Å². The zero-order chi connectivity index (χ0) is 44.5. The van der Waals surface area contributed by atoms with E-state index in [0.717, 1.165) is 60.2 Å². The van der Waals surface area contributed by atoms with Gasteiger partial charge in [0.15, 0.2) is 11.5 Å². The number of nitriles is 1. The molecule has 13 nitrogen and oxygen atoms in total. The van der Waals surface area contributed by atoms with Gasteiger partial charge in [-0.25, -0.2) is 4.98 Å². The number of alkyl halides is 3.